The molecule has 0 aliphatic carbocycles. The molecule has 2 aromatic heterocycles. The van der Waals surface area contributed by atoms with Crippen molar-refractivity contribution in [3.8, 4) is 11.1 Å². The van der Waals surface area contributed by atoms with E-state index in [1.807, 2.05) is 91.0 Å². The van der Waals surface area contributed by atoms with E-state index in [0.29, 0.717) is 16.3 Å². The third kappa shape index (κ3) is 3.92. The molecular formula is C33H26N2O4. The summed E-state index contributed by atoms with van der Waals surface area (Å²) in [6, 6.07) is 32.0. The second-order valence-electron chi connectivity index (χ2n) is 9.51. The molecule has 39 heavy (non-hydrogen) atoms. The van der Waals surface area contributed by atoms with E-state index in [1.165, 1.54) is 4.57 Å². The first kappa shape index (κ1) is 24.4. The fourth-order valence-electron chi connectivity index (χ4n) is 5.40. The van der Waals surface area contributed by atoms with Gasteiger partial charge in [-0.1, -0.05) is 91.9 Å². The second kappa shape index (κ2) is 9.72. The Hall–Kier alpha value is -4.97. The highest BCUT2D eigenvalue weighted by Crippen LogP contribution is 2.32. The molecule has 6 aromatic rings. The molecule has 0 fully saturated rings. The van der Waals surface area contributed by atoms with Crippen LogP contribution in [0.1, 0.15) is 28.6 Å². The first-order valence-corrected chi connectivity index (χ1v) is 12.9. The Morgan fingerprint density at radius 1 is 0.718 bits per heavy atom. The number of rotatable bonds is 5. The number of ether oxygens (including phenoxy) is 1. The van der Waals surface area contributed by atoms with Gasteiger partial charge in [0.1, 0.15) is 5.69 Å². The Kier molecular flexibility index (Phi) is 6.08. The molecule has 0 aliphatic rings. The number of carbonyl (C=O) groups is 2. The van der Waals surface area contributed by atoms with Crippen LogP contribution in [0.2, 0.25) is 0 Å². The van der Waals surface area contributed by atoms with Crippen LogP contribution in [0.15, 0.2) is 108 Å². The molecule has 4 aromatic carbocycles. The molecule has 0 aliphatic heterocycles. The molecule has 0 spiro atoms. The lowest BCUT2D eigenvalue weighted by molar-refractivity contribution is 0.0236. The monoisotopic (exact) mass is 514 g/mol. The zero-order valence-electron chi connectivity index (χ0n) is 21.6. The highest BCUT2D eigenvalue weighted by atomic mass is 16.5. The smallest absolute Gasteiger partial charge is 0.356 e. The number of benzene rings is 4. The van der Waals surface area contributed by atoms with Gasteiger partial charge in [-0.3, -0.25) is 14.2 Å². The summed E-state index contributed by atoms with van der Waals surface area (Å²) in [5.41, 5.74) is 2.68. The minimum Gasteiger partial charge on any atom is -0.448 e. The fraction of sp³-hybridized carbons (Fsp3) is 0.121. The quantitative estimate of drug-likeness (QED) is 0.243. The van der Waals surface area contributed by atoms with Crippen LogP contribution in [0.25, 0.3) is 43.7 Å². The molecule has 0 bridgehead atoms. The van der Waals surface area contributed by atoms with E-state index in [-0.39, 0.29) is 23.6 Å². The predicted octanol–water partition coefficient (Wildman–Crippen LogP) is 6.59. The molecule has 0 amide bonds. The number of aromatic nitrogens is 2. The fourth-order valence-corrected chi connectivity index (χ4v) is 5.40. The molecule has 0 saturated heterocycles. The zero-order valence-corrected chi connectivity index (χ0v) is 21.6. The Bertz CT molecular complexity index is 1900. The summed E-state index contributed by atoms with van der Waals surface area (Å²) in [7, 11) is 1.56. The summed E-state index contributed by atoms with van der Waals surface area (Å²) in [6.45, 7) is 1.81. The van der Waals surface area contributed by atoms with Crippen molar-refractivity contribution >= 4 is 44.5 Å². The van der Waals surface area contributed by atoms with Gasteiger partial charge in [0.2, 0.25) is 0 Å². The van der Waals surface area contributed by atoms with Crippen LogP contribution in [0.3, 0.4) is 0 Å². The first-order chi connectivity index (χ1) is 19.0. The van der Waals surface area contributed by atoms with E-state index in [4.69, 9.17) is 4.74 Å². The molecule has 6 rings (SSSR count). The number of pyridine rings is 1. The van der Waals surface area contributed by atoms with Gasteiger partial charge in [-0.2, -0.15) is 0 Å². The maximum Gasteiger partial charge on any atom is 0.356 e. The highest BCUT2D eigenvalue weighted by molar-refractivity contribution is 6.14. The van der Waals surface area contributed by atoms with E-state index in [2.05, 4.69) is 0 Å². The van der Waals surface area contributed by atoms with E-state index in [9.17, 15) is 14.4 Å². The van der Waals surface area contributed by atoms with E-state index >= 15 is 0 Å². The Labute approximate surface area is 224 Å². The molecule has 1 unspecified atom stereocenters. The van der Waals surface area contributed by atoms with Crippen LogP contribution in [0.5, 0.6) is 0 Å². The van der Waals surface area contributed by atoms with E-state index in [1.54, 1.807) is 30.7 Å². The van der Waals surface area contributed by atoms with Crippen molar-refractivity contribution in [3.63, 3.8) is 0 Å². The maximum absolute atomic E-state index is 14.0. The average Bonchev–Trinajstić information content (AvgIpc) is 3.32. The molecule has 0 saturated carbocycles. The number of hydrogen-bond acceptors (Lipinski definition) is 4. The van der Waals surface area contributed by atoms with Crippen LogP contribution < -0.4 is 5.56 Å². The van der Waals surface area contributed by atoms with Crippen LogP contribution in [-0.2, 0) is 11.8 Å². The van der Waals surface area contributed by atoms with E-state index in [0.717, 1.165) is 27.4 Å². The minimum absolute atomic E-state index is 0.110. The standard InChI is InChI=1S/C33H26N2O4/c1-3-28(32(37)35-26-19-11-9-15-22(26)23-16-10-12-20-27(23)35)39-33(38)30-29(21-13-5-4-6-14-21)24-17-7-8-18-25(24)31(36)34(30)2/h4-20,28H,3H2,1-2H3. The van der Waals surface area contributed by atoms with Crippen molar-refractivity contribution in [1.82, 2.24) is 9.13 Å². The van der Waals surface area contributed by atoms with Crippen LogP contribution >= 0.6 is 0 Å². The number of nitrogens with zero attached hydrogens (tertiary/aromatic N) is 2. The van der Waals surface area contributed by atoms with Crippen LogP contribution in [-0.4, -0.2) is 27.1 Å². The molecule has 192 valence electrons. The normalized spacial score (nSPS) is 12.2. The lowest BCUT2D eigenvalue weighted by Crippen LogP contribution is -2.33. The molecule has 0 radical (unpaired) electrons. The summed E-state index contributed by atoms with van der Waals surface area (Å²) in [5.74, 6) is -1.06. The van der Waals surface area contributed by atoms with Crippen molar-refractivity contribution in [3.05, 3.63) is 119 Å². The summed E-state index contributed by atoms with van der Waals surface area (Å²) >= 11 is 0. The summed E-state index contributed by atoms with van der Waals surface area (Å²) in [6.07, 6.45) is -0.782. The lowest BCUT2D eigenvalue weighted by Gasteiger charge is -2.20. The molecular weight excluding hydrogens is 488 g/mol. The van der Waals surface area contributed by atoms with Gasteiger partial charge in [0.25, 0.3) is 11.5 Å². The molecule has 1 atom stereocenters. The molecule has 2 heterocycles. The van der Waals surface area contributed by atoms with Gasteiger partial charge in [-0.15, -0.1) is 0 Å². The predicted molar refractivity (Wildman–Crippen MR) is 154 cm³/mol. The Morgan fingerprint density at radius 2 is 1.23 bits per heavy atom. The van der Waals surface area contributed by atoms with Crippen molar-refractivity contribution < 1.29 is 14.3 Å². The number of hydrogen-bond donors (Lipinski definition) is 0. The third-order valence-corrected chi connectivity index (χ3v) is 7.26. The van der Waals surface area contributed by atoms with Gasteiger partial charge in [-0.05, 0) is 35.6 Å². The summed E-state index contributed by atoms with van der Waals surface area (Å²) in [5, 5.41) is 3.06. The Balaban J connectivity index is 1.48. The minimum atomic E-state index is -1.05. The van der Waals surface area contributed by atoms with Gasteiger partial charge in [0.05, 0.1) is 11.0 Å². The summed E-state index contributed by atoms with van der Waals surface area (Å²) in [4.78, 5) is 41.1. The SMILES string of the molecule is CCC(OC(=O)c1c(-c2ccccc2)c2ccccc2c(=O)n1C)C(=O)n1c2ccccc2c2ccccc21. The van der Waals surface area contributed by atoms with Crippen LogP contribution in [0, 0.1) is 0 Å². The van der Waals surface area contributed by atoms with Crippen molar-refractivity contribution in [2.24, 2.45) is 7.05 Å². The average molecular weight is 515 g/mol. The molecule has 0 N–H and O–H groups in total. The maximum atomic E-state index is 14.0. The first-order valence-electron chi connectivity index (χ1n) is 12.9. The van der Waals surface area contributed by atoms with Gasteiger partial charge in [0, 0.05) is 28.8 Å². The van der Waals surface area contributed by atoms with Crippen molar-refractivity contribution in [2.45, 2.75) is 19.4 Å². The Morgan fingerprint density at radius 3 is 1.82 bits per heavy atom. The zero-order chi connectivity index (χ0) is 27.1. The van der Waals surface area contributed by atoms with E-state index < -0.39 is 12.1 Å². The highest BCUT2D eigenvalue weighted by Gasteiger charge is 2.30. The largest absolute Gasteiger partial charge is 0.448 e. The van der Waals surface area contributed by atoms with Crippen molar-refractivity contribution in [1.29, 1.82) is 0 Å². The molecule has 6 nitrogen and oxygen atoms in total. The van der Waals surface area contributed by atoms with Gasteiger partial charge in [0.15, 0.2) is 6.10 Å². The van der Waals surface area contributed by atoms with Crippen LogP contribution in [0.4, 0.5) is 0 Å². The summed E-state index contributed by atoms with van der Waals surface area (Å²) < 4.78 is 8.90. The molecule has 6 heteroatoms. The second-order valence-corrected chi connectivity index (χ2v) is 9.51. The van der Waals surface area contributed by atoms with Gasteiger partial charge in [-0.25, -0.2) is 4.79 Å². The third-order valence-electron chi connectivity index (χ3n) is 7.26. The van der Waals surface area contributed by atoms with Gasteiger partial charge < -0.3 is 9.30 Å². The number of para-hydroxylation sites is 2. The number of carbonyl (C=O) groups excluding carboxylic acids is 2. The number of fused-ring (bicyclic) bond motifs is 4. The van der Waals surface area contributed by atoms with Crippen molar-refractivity contribution in [2.75, 3.05) is 0 Å². The lowest BCUT2D eigenvalue weighted by atomic mass is 9.97. The van der Waals surface area contributed by atoms with Gasteiger partial charge >= 0.3 is 5.97 Å². The topological polar surface area (TPSA) is 70.3 Å². The number of esters is 1.